The van der Waals surface area contributed by atoms with E-state index in [4.69, 9.17) is 22.0 Å². The zero-order valence-corrected chi connectivity index (χ0v) is 18.0. The molecular weight excluding hydrogens is 455 g/mol. The van der Waals surface area contributed by atoms with Crippen molar-refractivity contribution in [2.24, 2.45) is 17.3 Å². The van der Waals surface area contributed by atoms with Gasteiger partial charge in [0.2, 0.25) is 5.91 Å². The van der Waals surface area contributed by atoms with E-state index in [2.05, 4.69) is 5.32 Å². The van der Waals surface area contributed by atoms with Gasteiger partial charge in [-0.25, -0.2) is 19.0 Å². The van der Waals surface area contributed by atoms with Gasteiger partial charge in [0.1, 0.15) is 12.2 Å². The summed E-state index contributed by atoms with van der Waals surface area (Å²) in [7, 11) is 0. The monoisotopic (exact) mass is 481 g/mol. The second-order valence-electron chi connectivity index (χ2n) is 7.88. The van der Waals surface area contributed by atoms with Crippen molar-refractivity contribution in [3.63, 3.8) is 0 Å². The van der Waals surface area contributed by atoms with Gasteiger partial charge in [-0.3, -0.25) is 4.79 Å². The number of aliphatic hydroxyl groups is 2. The average Bonchev–Trinajstić information content (AvgIpc) is 2.81. The number of nitrogens with one attached hydrogen (secondary N) is 1. The van der Waals surface area contributed by atoms with Gasteiger partial charge >= 0.3 is 0 Å². The predicted molar refractivity (Wildman–Crippen MR) is 118 cm³/mol. The van der Waals surface area contributed by atoms with E-state index < -0.39 is 54.3 Å². The number of hydrazine groups is 1. The maximum Gasteiger partial charge on any atom is 0.248 e. The van der Waals surface area contributed by atoms with Gasteiger partial charge in [-0.1, -0.05) is 6.07 Å². The molecule has 0 aliphatic carbocycles. The lowest BCUT2D eigenvalue weighted by atomic mass is 9.94. The number of nitrogens with zero attached hydrogens (tertiary/aromatic N) is 1. The first kappa shape index (κ1) is 25.3. The van der Waals surface area contributed by atoms with Crippen molar-refractivity contribution in [1.82, 2.24) is 5.01 Å². The molecule has 184 valence electrons. The molecule has 3 rings (SSSR count). The highest BCUT2D eigenvalue weighted by Crippen LogP contribution is 2.25. The van der Waals surface area contributed by atoms with Gasteiger partial charge in [-0.15, -0.1) is 0 Å². The maximum atomic E-state index is 13.5. The highest BCUT2D eigenvalue weighted by Gasteiger charge is 2.39. The van der Waals surface area contributed by atoms with E-state index in [-0.39, 0.29) is 24.2 Å². The van der Waals surface area contributed by atoms with Crippen LogP contribution in [0, 0.1) is 17.5 Å². The van der Waals surface area contributed by atoms with E-state index in [9.17, 15) is 28.2 Å². The van der Waals surface area contributed by atoms with Crippen LogP contribution in [-0.4, -0.2) is 58.6 Å². The summed E-state index contributed by atoms with van der Waals surface area (Å²) in [5.74, 6) is 1.05. The summed E-state index contributed by atoms with van der Waals surface area (Å²) in [4.78, 5) is 11.4. The molecule has 0 aromatic heterocycles. The zero-order valence-electron chi connectivity index (χ0n) is 18.0. The van der Waals surface area contributed by atoms with Crippen molar-refractivity contribution < 1.29 is 32.9 Å². The molecular formula is C22H26F3N5O4. The molecule has 1 aliphatic heterocycles. The van der Waals surface area contributed by atoms with Crippen molar-refractivity contribution in [3.05, 3.63) is 71.2 Å². The van der Waals surface area contributed by atoms with E-state index in [1.807, 2.05) is 0 Å². The van der Waals surface area contributed by atoms with Crippen LogP contribution in [0.3, 0.4) is 0 Å². The van der Waals surface area contributed by atoms with Crippen molar-refractivity contribution in [2.75, 3.05) is 18.5 Å². The normalized spacial score (nSPS) is 22.9. The van der Waals surface area contributed by atoms with Crippen molar-refractivity contribution in [1.29, 1.82) is 0 Å². The number of rotatable bonds is 8. The van der Waals surface area contributed by atoms with Gasteiger partial charge in [-0.2, -0.15) is 0 Å². The van der Waals surface area contributed by atoms with E-state index in [0.717, 1.165) is 23.3 Å². The third-order valence-corrected chi connectivity index (χ3v) is 5.50. The van der Waals surface area contributed by atoms with Gasteiger partial charge in [0.15, 0.2) is 17.5 Å². The number of carbonyl (C=O) groups is 1. The van der Waals surface area contributed by atoms with Crippen LogP contribution in [0.4, 0.5) is 18.9 Å². The van der Waals surface area contributed by atoms with Gasteiger partial charge in [0.25, 0.3) is 0 Å². The topological polar surface area (TPSA) is 160 Å². The van der Waals surface area contributed by atoms with Crippen molar-refractivity contribution in [2.45, 2.75) is 30.8 Å². The SMILES string of the molecule is NC(=O)c1cccc(NCC2CC(N(N)/C=C(\N)c3cc(F)c(F)c(F)c3)C(O)C(CO)O2)c1. The van der Waals surface area contributed by atoms with Crippen molar-refractivity contribution >= 4 is 17.3 Å². The lowest BCUT2D eigenvalue weighted by Crippen LogP contribution is -2.58. The predicted octanol–water partition coefficient (Wildman–Crippen LogP) is 0.627. The van der Waals surface area contributed by atoms with Crippen LogP contribution in [0.1, 0.15) is 22.3 Å². The third-order valence-electron chi connectivity index (χ3n) is 5.50. The second-order valence-corrected chi connectivity index (χ2v) is 7.88. The quantitative estimate of drug-likeness (QED) is 0.182. The van der Waals surface area contributed by atoms with E-state index in [0.29, 0.717) is 11.3 Å². The van der Waals surface area contributed by atoms with Gasteiger partial charge in [-0.05, 0) is 36.8 Å². The largest absolute Gasteiger partial charge is 0.397 e. The number of primary amides is 1. The summed E-state index contributed by atoms with van der Waals surface area (Å²) in [6, 6.07) is 7.18. The number of benzene rings is 2. The average molecular weight is 481 g/mol. The molecule has 12 heteroatoms. The van der Waals surface area contributed by atoms with Crippen LogP contribution in [-0.2, 0) is 4.74 Å². The number of hydrogen-bond donors (Lipinski definition) is 6. The van der Waals surface area contributed by atoms with E-state index in [1.54, 1.807) is 24.3 Å². The fourth-order valence-corrected chi connectivity index (χ4v) is 3.69. The first-order valence-corrected chi connectivity index (χ1v) is 10.3. The lowest BCUT2D eigenvalue weighted by molar-refractivity contribution is -0.157. The van der Waals surface area contributed by atoms with Crippen LogP contribution in [0.2, 0.25) is 0 Å². The number of amides is 1. The Kier molecular flexibility index (Phi) is 7.99. The Balaban J connectivity index is 1.74. The first-order valence-electron chi connectivity index (χ1n) is 10.3. The molecule has 34 heavy (non-hydrogen) atoms. The molecule has 1 fully saturated rings. The molecule has 1 aliphatic rings. The second kappa shape index (κ2) is 10.7. The Labute approximate surface area is 193 Å². The Morgan fingerprint density at radius 3 is 2.47 bits per heavy atom. The smallest absolute Gasteiger partial charge is 0.248 e. The highest BCUT2D eigenvalue weighted by molar-refractivity contribution is 5.93. The maximum absolute atomic E-state index is 13.5. The minimum atomic E-state index is -1.62. The Morgan fingerprint density at radius 2 is 1.85 bits per heavy atom. The number of aliphatic hydroxyl groups excluding tert-OH is 2. The molecule has 1 heterocycles. The molecule has 0 bridgehead atoms. The van der Waals surface area contributed by atoms with Crippen LogP contribution >= 0.6 is 0 Å². The van der Waals surface area contributed by atoms with Crippen LogP contribution in [0.5, 0.6) is 0 Å². The first-order chi connectivity index (χ1) is 16.1. The molecule has 1 saturated heterocycles. The van der Waals surface area contributed by atoms with E-state index >= 15 is 0 Å². The summed E-state index contributed by atoms with van der Waals surface area (Å²) in [6.45, 7) is -0.254. The number of nitrogens with two attached hydrogens (primary N) is 3. The number of halogens is 3. The minimum Gasteiger partial charge on any atom is -0.397 e. The number of carbonyl (C=O) groups excluding carboxylic acids is 1. The molecule has 2 aromatic carbocycles. The van der Waals surface area contributed by atoms with Gasteiger partial charge in [0, 0.05) is 29.6 Å². The number of ether oxygens (including phenoxy) is 1. The minimum absolute atomic E-state index is 0.139. The summed E-state index contributed by atoms with van der Waals surface area (Å²) >= 11 is 0. The van der Waals surface area contributed by atoms with E-state index in [1.165, 1.54) is 0 Å². The fourth-order valence-electron chi connectivity index (χ4n) is 3.69. The summed E-state index contributed by atoms with van der Waals surface area (Å²) in [6.07, 6.45) is -1.36. The molecule has 9 nitrogen and oxygen atoms in total. The molecule has 0 saturated carbocycles. The lowest BCUT2D eigenvalue weighted by Gasteiger charge is -2.42. The third kappa shape index (κ3) is 5.78. The fraction of sp³-hybridized carbons (Fsp3) is 0.318. The number of anilines is 1. The zero-order chi connectivity index (χ0) is 25.0. The standard InChI is InChI=1S/C22H26F3N5O4/c23-15-5-12(6-16(24)20(15)25)17(26)9-30(28)18-7-14(34-19(10-31)21(18)32)8-29-13-3-1-2-11(4-13)22(27)33/h1-6,9,14,18-19,21,29,31-32H,7-8,10,26,28H2,(H2,27,33)/b17-9-. The highest BCUT2D eigenvalue weighted by atomic mass is 19.2. The van der Waals surface area contributed by atoms with Crippen LogP contribution < -0.4 is 22.6 Å². The molecule has 0 radical (unpaired) electrons. The van der Waals surface area contributed by atoms with Gasteiger partial charge in [0.05, 0.1) is 24.4 Å². The van der Waals surface area contributed by atoms with Crippen LogP contribution in [0.25, 0.3) is 5.70 Å². The number of hydrogen-bond acceptors (Lipinski definition) is 8. The molecule has 1 amide bonds. The molecule has 2 aromatic rings. The summed E-state index contributed by atoms with van der Waals surface area (Å²) < 4.78 is 46.0. The van der Waals surface area contributed by atoms with Crippen LogP contribution in [0.15, 0.2) is 42.6 Å². The summed E-state index contributed by atoms with van der Waals surface area (Å²) in [5, 5.41) is 24.4. The molecule has 9 N–H and O–H groups in total. The summed E-state index contributed by atoms with van der Waals surface area (Å²) in [5.41, 5.74) is 11.8. The molecule has 0 spiro atoms. The molecule has 4 unspecified atom stereocenters. The Hall–Kier alpha value is -3.32. The Morgan fingerprint density at radius 1 is 1.18 bits per heavy atom. The van der Waals surface area contributed by atoms with Gasteiger partial charge < -0.3 is 36.7 Å². The van der Waals surface area contributed by atoms with Crippen molar-refractivity contribution in [3.8, 4) is 0 Å². The Bertz CT molecular complexity index is 1050. The molecule has 4 atom stereocenters.